The van der Waals surface area contributed by atoms with Gasteiger partial charge in [-0.3, -0.25) is 19.2 Å². The number of thiazole rings is 1. The Labute approximate surface area is 263 Å². The number of carbonyl (C=O) groups excluding carboxylic acids is 3. The number of aromatic amines is 1. The van der Waals surface area contributed by atoms with Crippen LogP contribution in [-0.2, 0) is 26.7 Å². The summed E-state index contributed by atoms with van der Waals surface area (Å²) in [4.78, 5) is 55.7. The van der Waals surface area contributed by atoms with Gasteiger partial charge >= 0.3 is 17.2 Å². The van der Waals surface area contributed by atoms with Crippen LogP contribution in [0.2, 0.25) is 0 Å². The van der Waals surface area contributed by atoms with E-state index >= 15 is 0 Å². The van der Waals surface area contributed by atoms with E-state index < -0.39 is 75.5 Å². The molecule has 0 radical (unpaired) electrons. The number of nitrogens with one attached hydrogen (secondary N) is 2. The van der Waals surface area contributed by atoms with Gasteiger partial charge in [-0.1, -0.05) is 59.5 Å². The Morgan fingerprint density at radius 3 is 2.35 bits per heavy atom. The number of halogens is 6. The molecular formula is C30H19F6N3O5S2. The van der Waals surface area contributed by atoms with Gasteiger partial charge in [0.1, 0.15) is 11.0 Å². The molecule has 3 amide bonds. The maximum Gasteiger partial charge on any atom is 0.418 e. The molecule has 3 atom stereocenters. The number of hydrogen-bond acceptors (Lipinski definition) is 7. The molecule has 1 saturated heterocycles. The molecule has 1 aromatic heterocycles. The molecule has 8 nitrogen and oxygen atoms in total. The maximum absolute atomic E-state index is 14.0. The Morgan fingerprint density at radius 2 is 1.61 bits per heavy atom. The van der Waals surface area contributed by atoms with Gasteiger partial charge in [-0.2, -0.15) is 26.3 Å². The Kier molecular flexibility index (Phi) is 7.96. The summed E-state index contributed by atoms with van der Waals surface area (Å²) in [5, 5.41) is 1.39. The van der Waals surface area contributed by atoms with E-state index in [1.165, 1.54) is 24.3 Å². The van der Waals surface area contributed by atoms with Gasteiger partial charge in [0.25, 0.3) is 5.91 Å². The zero-order valence-electron chi connectivity index (χ0n) is 22.9. The van der Waals surface area contributed by atoms with E-state index in [-0.39, 0.29) is 22.0 Å². The number of anilines is 2. The number of nitrogens with zero attached hydrogens (tertiary/aromatic N) is 1. The zero-order chi connectivity index (χ0) is 33.0. The van der Waals surface area contributed by atoms with Crippen molar-refractivity contribution in [3.05, 3.63) is 104 Å². The average molecular weight is 680 g/mol. The lowest BCUT2D eigenvalue weighted by Gasteiger charge is -2.30. The topological polar surface area (TPSA) is 109 Å². The Balaban J connectivity index is 1.33. The predicted molar refractivity (Wildman–Crippen MR) is 156 cm³/mol. The second-order valence-corrected chi connectivity index (χ2v) is 12.4. The molecule has 4 aromatic rings. The van der Waals surface area contributed by atoms with E-state index in [9.17, 15) is 45.5 Å². The minimum absolute atomic E-state index is 0.0542. The lowest BCUT2D eigenvalue weighted by Crippen LogP contribution is -2.33. The summed E-state index contributed by atoms with van der Waals surface area (Å²) in [6.07, 6.45) is -9.49. The predicted octanol–water partition coefficient (Wildman–Crippen LogP) is 6.29. The van der Waals surface area contributed by atoms with Crippen LogP contribution in [0, 0.1) is 5.92 Å². The Bertz CT molecular complexity index is 1920. The van der Waals surface area contributed by atoms with Gasteiger partial charge in [-0.15, -0.1) is 0 Å². The molecule has 0 unspecified atom stereocenters. The molecule has 0 bridgehead atoms. The number of fused-ring (bicyclic) bond motifs is 2. The number of amides is 3. The average Bonchev–Trinajstić information content (AvgIpc) is 3.49. The van der Waals surface area contributed by atoms with Crippen LogP contribution in [0.25, 0.3) is 0 Å². The van der Waals surface area contributed by atoms with Crippen LogP contribution in [0.5, 0.6) is 5.75 Å². The van der Waals surface area contributed by atoms with Crippen molar-refractivity contribution in [3.63, 3.8) is 0 Å². The fourth-order valence-electron chi connectivity index (χ4n) is 5.48. The molecule has 3 aromatic carbocycles. The normalized spacial score (nSPS) is 19.5. The van der Waals surface area contributed by atoms with Gasteiger partial charge in [-0.05, 0) is 36.4 Å². The number of rotatable bonds is 6. The molecule has 46 heavy (non-hydrogen) atoms. The van der Waals surface area contributed by atoms with Gasteiger partial charge in [-0.25, -0.2) is 4.90 Å². The maximum atomic E-state index is 14.0. The van der Waals surface area contributed by atoms with Gasteiger partial charge in [0, 0.05) is 22.0 Å². The minimum Gasteiger partial charge on any atom is -0.483 e. The molecular weight excluding hydrogens is 660 g/mol. The first kappa shape index (κ1) is 31.4. The van der Waals surface area contributed by atoms with E-state index in [1.807, 2.05) is 0 Å². The fourth-order valence-corrected chi connectivity index (χ4v) is 7.99. The summed E-state index contributed by atoms with van der Waals surface area (Å²) < 4.78 is 86.7. The summed E-state index contributed by atoms with van der Waals surface area (Å²) in [5.74, 6) is -4.83. The van der Waals surface area contributed by atoms with Crippen molar-refractivity contribution in [1.29, 1.82) is 0 Å². The van der Waals surface area contributed by atoms with E-state index in [4.69, 9.17) is 4.74 Å². The molecule has 0 aliphatic carbocycles. The van der Waals surface area contributed by atoms with Crippen molar-refractivity contribution >= 4 is 52.2 Å². The number of aromatic nitrogens is 1. The van der Waals surface area contributed by atoms with E-state index in [1.54, 1.807) is 12.1 Å². The molecule has 0 saturated carbocycles. The first-order valence-corrected chi connectivity index (χ1v) is 15.1. The molecule has 6 rings (SSSR count). The molecule has 16 heteroatoms. The Hall–Kier alpha value is -4.57. The summed E-state index contributed by atoms with van der Waals surface area (Å²) in [6.45, 7) is -0.670. The standard InChI is InChI=1S/C30H19F6N3O5S2/c31-29(32,33)14-6-5-7-15(12-14)37-20(40)13-44-19-11-4-1-8-16(19)21-22-24(45-25-23(21)46-28(43)38-25)27(42)39(26(22)41)18-10-3-2-9-17(18)30(34,35)36/h1-12,21-22,24H,13H2,(H,37,40)(H,38,43)/t21-,22-,24+/m0/s1. The van der Waals surface area contributed by atoms with Crippen LogP contribution in [0.3, 0.4) is 0 Å². The molecule has 1 fully saturated rings. The van der Waals surface area contributed by atoms with Crippen LogP contribution in [0.15, 0.2) is 82.6 Å². The van der Waals surface area contributed by atoms with E-state index in [0.29, 0.717) is 9.78 Å². The zero-order valence-corrected chi connectivity index (χ0v) is 24.6. The molecule has 2 aliphatic heterocycles. The van der Waals surface area contributed by atoms with Crippen molar-refractivity contribution in [2.45, 2.75) is 28.5 Å². The van der Waals surface area contributed by atoms with Crippen molar-refractivity contribution in [2.24, 2.45) is 5.92 Å². The van der Waals surface area contributed by atoms with Crippen LogP contribution in [0.1, 0.15) is 27.5 Å². The summed E-state index contributed by atoms with van der Waals surface area (Å²) >= 11 is 1.64. The minimum atomic E-state index is -4.86. The van der Waals surface area contributed by atoms with Crippen LogP contribution < -0.4 is 19.8 Å². The third-order valence-electron chi connectivity index (χ3n) is 7.36. The summed E-state index contributed by atoms with van der Waals surface area (Å²) in [7, 11) is 0. The van der Waals surface area contributed by atoms with Crippen LogP contribution in [0.4, 0.5) is 37.7 Å². The smallest absolute Gasteiger partial charge is 0.418 e. The van der Waals surface area contributed by atoms with Crippen molar-refractivity contribution in [1.82, 2.24) is 4.98 Å². The number of ether oxygens (including phenoxy) is 1. The number of imide groups is 1. The van der Waals surface area contributed by atoms with Crippen molar-refractivity contribution in [2.75, 3.05) is 16.8 Å². The molecule has 238 valence electrons. The lowest BCUT2D eigenvalue weighted by molar-refractivity contribution is -0.138. The number of benzene rings is 3. The highest BCUT2D eigenvalue weighted by atomic mass is 32.2. The molecule has 3 heterocycles. The van der Waals surface area contributed by atoms with Gasteiger partial charge in [0.05, 0.1) is 27.8 Å². The van der Waals surface area contributed by atoms with E-state index in [0.717, 1.165) is 59.5 Å². The number of para-hydroxylation sites is 2. The van der Waals surface area contributed by atoms with Gasteiger partial charge in [0.15, 0.2) is 6.61 Å². The highest BCUT2D eigenvalue weighted by Gasteiger charge is 2.57. The largest absolute Gasteiger partial charge is 0.483 e. The first-order valence-electron chi connectivity index (χ1n) is 13.4. The van der Waals surface area contributed by atoms with E-state index in [2.05, 4.69) is 10.3 Å². The van der Waals surface area contributed by atoms with Crippen molar-refractivity contribution < 1.29 is 45.5 Å². The quantitative estimate of drug-likeness (QED) is 0.183. The molecule has 2 aliphatic rings. The molecule has 2 N–H and O–H groups in total. The molecule has 0 spiro atoms. The van der Waals surface area contributed by atoms with Crippen LogP contribution in [-0.4, -0.2) is 34.6 Å². The van der Waals surface area contributed by atoms with Gasteiger partial charge < -0.3 is 15.0 Å². The van der Waals surface area contributed by atoms with Crippen LogP contribution >= 0.6 is 23.1 Å². The third kappa shape index (κ3) is 5.77. The van der Waals surface area contributed by atoms with Gasteiger partial charge in [0.2, 0.25) is 11.8 Å². The Morgan fingerprint density at radius 1 is 0.891 bits per heavy atom. The number of H-pyrrole nitrogens is 1. The summed E-state index contributed by atoms with van der Waals surface area (Å²) in [6, 6.07) is 14.3. The number of hydrogen-bond donors (Lipinski definition) is 2. The first-order chi connectivity index (χ1) is 21.7. The third-order valence-corrected chi connectivity index (χ3v) is 9.76. The SMILES string of the molecule is O=C(COc1ccccc1[C@@H]1c2sc(=O)[nH]c2S[C@H]2C(=O)N(c3ccccc3C(F)(F)F)C(=O)[C@@H]12)Nc1cccc(C(F)(F)F)c1. The number of carbonyl (C=O) groups is 3. The lowest BCUT2D eigenvalue weighted by atomic mass is 9.82. The highest BCUT2D eigenvalue weighted by Crippen LogP contribution is 2.55. The second-order valence-electron chi connectivity index (χ2n) is 10.2. The summed E-state index contributed by atoms with van der Waals surface area (Å²) in [5.41, 5.74) is -2.61. The number of thioether (sulfide) groups is 1. The number of alkyl halides is 6. The monoisotopic (exact) mass is 679 g/mol. The second kappa shape index (κ2) is 11.7. The fraction of sp³-hybridized carbons (Fsp3) is 0.200. The highest BCUT2D eigenvalue weighted by molar-refractivity contribution is 8.00. The van der Waals surface area contributed by atoms with Crippen molar-refractivity contribution in [3.8, 4) is 5.75 Å².